The van der Waals surface area contributed by atoms with Crippen molar-refractivity contribution in [3.05, 3.63) is 35.9 Å². The van der Waals surface area contributed by atoms with Gasteiger partial charge in [0.15, 0.2) is 0 Å². The molecule has 1 N–H and O–H groups in total. The van der Waals surface area contributed by atoms with Crippen molar-refractivity contribution >= 4 is 5.97 Å². The lowest BCUT2D eigenvalue weighted by atomic mass is 10.1. The molecule has 64 valence electrons. The number of rotatable bonds is 4. The molecule has 1 atom stereocenters. The predicted octanol–water partition coefficient (Wildman–Crippen LogP) is 2.09. The molecule has 1 aromatic carbocycles. The molecule has 2 nitrogen and oxygen atoms in total. The fraction of sp³-hybridized carbons (Fsp3) is 0.300. The quantitative estimate of drug-likeness (QED) is 0.741. The van der Waals surface area contributed by atoms with Crippen LogP contribution in [0.25, 0.3) is 0 Å². The zero-order valence-electron chi connectivity index (χ0n) is 7.73. The summed E-state index contributed by atoms with van der Waals surface area (Å²) in [6.07, 6.45) is 0.0286. The monoisotopic (exact) mass is 165 g/mol. The number of hydrogen-bond donors (Lipinski definition) is 1. The van der Waals surface area contributed by atoms with Crippen molar-refractivity contribution in [3.8, 4) is 0 Å². The van der Waals surface area contributed by atoms with Crippen LogP contribution in [0.2, 0.25) is 0 Å². The van der Waals surface area contributed by atoms with E-state index < -0.39 is 12.4 Å². The van der Waals surface area contributed by atoms with E-state index in [1.54, 1.807) is 0 Å². The van der Waals surface area contributed by atoms with Gasteiger partial charge in [0.05, 0.1) is 0 Å². The van der Waals surface area contributed by atoms with Gasteiger partial charge in [0.2, 0.25) is 0 Å². The second-order valence-electron chi connectivity index (χ2n) is 2.57. The fourth-order valence-corrected chi connectivity index (χ4v) is 1.01. The Balaban J connectivity index is 2.39. The van der Waals surface area contributed by atoms with E-state index in [0.717, 1.165) is 5.56 Å². The van der Waals surface area contributed by atoms with Crippen LogP contribution in [0.15, 0.2) is 30.3 Å². The van der Waals surface area contributed by atoms with E-state index in [4.69, 9.17) is 6.48 Å². The van der Waals surface area contributed by atoms with Crippen molar-refractivity contribution in [2.24, 2.45) is 0 Å². The smallest absolute Gasteiger partial charge is 0.303 e. The average molecular weight is 165 g/mol. The molecule has 0 aromatic heterocycles. The topological polar surface area (TPSA) is 37.3 Å². The Morgan fingerprint density at radius 1 is 1.42 bits per heavy atom. The standard InChI is InChI=1S/C10H12O2/c11-10(12)8-4-7-9-5-2-1-3-6-9/h1-3,5-6H,4,7-8H2,(H,11,12)/i8D. The number of hydrogen-bond acceptors (Lipinski definition) is 1. The van der Waals surface area contributed by atoms with Gasteiger partial charge in [-0.2, -0.15) is 0 Å². The van der Waals surface area contributed by atoms with Gasteiger partial charge >= 0.3 is 5.97 Å². The predicted molar refractivity (Wildman–Crippen MR) is 47.0 cm³/mol. The molecule has 0 aliphatic heterocycles. The van der Waals surface area contributed by atoms with Gasteiger partial charge in [-0.3, -0.25) is 4.79 Å². The molecule has 0 spiro atoms. The van der Waals surface area contributed by atoms with Crippen molar-refractivity contribution in [3.63, 3.8) is 0 Å². The Morgan fingerprint density at radius 2 is 2.08 bits per heavy atom. The van der Waals surface area contributed by atoms with E-state index in [0.29, 0.717) is 12.8 Å². The number of benzene rings is 1. The van der Waals surface area contributed by atoms with E-state index >= 15 is 0 Å². The van der Waals surface area contributed by atoms with Gasteiger partial charge in [0.1, 0.15) is 0 Å². The minimum atomic E-state index is -1.05. The molecule has 0 amide bonds. The first-order valence-electron chi connectivity index (χ1n) is 4.47. The van der Waals surface area contributed by atoms with Crippen LogP contribution >= 0.6 is 0 Å². The molecule has 0 bridgehead atoms. The van der Waals surface area contributed by atoms with Gasteiger partial charge in [-0.15, -0.1) is 0 Å². The molecule has 12 heavy (non-hydrogen) atoms. The third-order valence-corrected chi connectivity index (χ3v) is 1.59. The normalized spacial score (nSPS) is 13.5. The van der Waals surface area contributed by atoms with E-state index in [1.807, 2.05) is 30.3 Å². The van der Waals surface area contributed by atoms with Crippen LogP contribution in [0, 0.1) is 0 Å². The van der Waals surface area contributed by atoms with Gasteiger partial charge < -0.3 is 5.11 Å². The highest BCUT2D eigenvalue weighted by atomic mass is 16.4. The first-order chi connectivity index (χ1) is 6.20. The van der Waals surface area contributed by atoms with Crippen LogP contribution < -0.4 is 0 Å². The minimum Gasteiger partial charge on any atom is -0.481 e. The van der Waals surface area contributed by atoms with Crippen molar-refractivity contribution in [2.45, 2.75) is 19.2 Å². The lowest BCUT2D eigenvalue weighted by Crippen LogP contribution is -1.95. The number of carbonyl (C=O) groups is 1. The van der Waals surface area contributed by atoms with Gasteiger partial charge in [0.25, 0.3) is 0 Å². The molecule has 0 radical (unpaired) electrons. The summed E-state index contributed by atoms with van der Waals surface area (Å²) in [7, 11) is 0. The maximum Gasteiger partial charge on any atom is 0.303 e. The molecule has 0 aliphatic rings. The SMILES string of the molecule is [2H]C(CCc1ccccc1)C(=O)O. The Labute approximate surface area is 73.3 Å². The first kappa shape index (κ1) is 7.35. The molecular formula is C10H12O2. The number of aryl methyl sites for hydroxylation is 1. The van der Waals surface area contributed by atoms with Crippen LogP contribution in [0.5, 0.6) is 0 Å². The van der Waals surface area contributed by atoms with Gasteiger partial charge in [-0.1, -0.05) is 30.3 Å². The Hall–Kier alpha value is -1.31. The highest BCUT2D eigenvalue weighted by Gasteiger charge is 1.96. The van der Waals surface area contributed by atoms with Crippen LogP contribution in [0.4, 0.5) is 0 Å². The maximum absolute atomic E-state index is 10.3. The van der Waals surface area contributed by atoms with Crippen molar-refractivity contribution in [1.29, 1.82) is 0 Å². The largest absolute Gasteiger partial charge is 0.481 e. The molecule has 0 fully saturated rings. The van der Waals surface area contributed by atoms with Gasteiger partial charge in [-0.25, -0.2) is 0 Å². The summed E-state index contributed by atoms with van der Waals surface area (Å²) in [5.74, 6) is -1.05. The van der Waals surface area contributed by atoms with Gasteiger partial charge in [0, 0.05) is 7.77 Å². The molecule has 0 saturated carbocycles. The molecule has 1 rings (SSSR count). The molecule has 2 heteroatoms. The third kappa shape index (κ3) is 3.19. The number of carboxylic acid groups (broad SMARTS) is 1. The molecule has 1 unspecified atom stereocenters. The summed E-state index contributed by atoms with van der Waals surface area (Å²) >= 11 is 0. The fourth-order valence-electron chi connectivity index (χ4n) is 1.01. The van der Waals surface area contributed by atoms with Crippen molar-refractivity contribution in [2.75, 3.05) is 0 Å². The van der Waals surface area contributed by atoms with E-state index in [1.165, 1.54) is 0 Å². The second-order valence-corrected chi connectivity index (χ2v) is 2.57. The molecule has 0 saturated heterocycles. The van der Waals surface area contributed by atoms with Crippen LogP contribution in [0.1, 0.15) is 19.8 Å². The number of carboxylic acids is 1. The van der Waals surface area contributed by atoms with Crippen molar-refractivity contribution < 1.29 is 11.3 Å². The van der Waals surface area contributed by atoms with Crippen LogP contribution in [-0.2, 0) is 11.2 Å². The molecule has 0 aliphatic carbocycles. The highest BCUT2D eigenvalue weighted by Crippen LogP contribution is 2.03. The summed E-state index contributed by atoms with van der Waals surface area (Å²) < 4.78 is 7.18. The lowest BCUT2D eigenvalue weighted by molar-refractivity contribution is -0.137. The van der Waals surface area contributed by atoms with Crippen LogP contribution in [0.3, 0.4) is 0 Å². The summed E-state index contributed by atoms with van der Waals surface area (Å²) in [4.78, 5) is 10.3. The van der Waals surface area contributed by atoms with Crippen LogP contribution in [-0.4, -0.2) is 11.1 Å². The van der Waals surface area contributed by atoms with E-state index in [2.05, 4.69) is 0 Å². The molecule has 0 heterocycles. The Morgan fingerprint density at radius 3 is 2.67 bits per heavy atom. The Kier molecular flexibility index (Phi) is 2.78. The van der Waals surface area contributed by atoms with E-state index in [-0.39, 0.29) is 0 Å². The zero-order chi connectivity index (χ0) is 9.68. The summed E-state index contributed by atoms with van der Waals surface area (Å²) in [5, 5.41) is 8.47. The Bertz CT molecular complexity index is 272. The zero-order valence-corrected chi connectivity index (χ0v) is 6.73. The first-order valence-corrected chi connectivity index (χ1v) is 3.89. The third-order valence-electron chi connectivity index (χ3n) is 1.59. The summed E-state index contributed by atoms with van der Waals surface area (Å²) in [6.45, 7) is 0. The average Bonchev–Trinajstić information content (AvgIpc) is 2.15. The van der Waals surface area contributed by atoms with Crippen molar-refractivity contribution in [1.82, 2.24) is 0 Å². The highest BCUT2D eigenvalue weighted by molar-refractivity contribution is 5.66. The summed E-state index contributed by atoms with van der Waals surface area (Å²) in [6, 6.07) is 9.62. The molecule has 1 aromatic rings. The maximum atomic E-state index is 10.3. The molecular weight excluding hydrogens is 152 g/mol. The lowest BCUT2D eigenvalue weighted by Gasteiger charge is -1.97. The summed E-state index contributed by atoms with van der Waals surface area (Å²) in [5.41, 5.74) is 1.08. The second kappa shape index (κ2) is 4.54. The van der Waals surface area contributed by atoms with Gasteiger partial charge in [-0.05, 0) is 18.4 Å². The van der Waals surface area contributed by atoms with E-state index in [9.17, 15) is 4.79 Å². The minimum absolute atomic E-state index is 0.374. The number of aliphatic carboxylic acids is 1.